The fraction of sp³-hybridized carbons (Fsp3) is 0.364. The van der Waals surface area contributed by atoms with E-state index in [9.17, 15) is 4.79 Å². The van der Waals surface area contributed by atoms with Gasteiger partial charge in [0.25, 0.3) is 0 Å². The summed E-state index contributed by atoms with van der Waals surface area (Å²) in [6.45, 7) is 1.81. The Hall–Kier alpha value is -0.860. The molecule has 0 radical (unpaired) electrons. The van der Waals surface area contributed by atoms with Crippen LogP contribution in [0.3, 0.4) is 0 Å². The largest absolute Gasteiger partial charge is 0.321 e. The first kappa shape index (κ1) is 11.2. The van der Waals surface area contributed by atoms with Gasteiger partial charge in [-0.1, -0.05) is 36.7 Å². The molecule has 0 aromatic heterocycles. The summed E-state index contributed by atoms with van der Waals surface area (Å²) < 4.78 is 0. The lowest BCUT2D eigenvalue weighted by atomic mass is 10.0. The van der Waals surface area contributed by atoms with Crippen LogP contribution in [-0.2, 0) is 11.2 Å². The molecule has 0 amide bonds. The Morgan fingerprint density at radius 3 is 2.71 bits per heavy atom. The van der Waals surface area contributed by atoms with Crippen molar-refractivity contribution >= 4 is 17.4 Å². The molecule has 1 atom stereocenters. The van der Waals surface area contributed by atoms with Gasteiger partial charge in [0, 0.05) is 11.4 Å². The van der Waals surface area contributed by atoms with E-state index in [0.29, 0.717) is 17.9 Å². The second-order valence-electron chi connectivity index (χ2n) is 3.22. The van der Waals surface area contributed by atoms with Gasteiger partial charge in [-0.05, 0) is 18.1 Å². The lowest BCUT2D eigenvalue weighted by Gasteiger charge is -2.10. The molecule has 0 aliphatic carbocycles. The van der Waals surface area contributed by atoms with Gasteiger partial charge in [-0.25, -0.2) is 0 Å². The van der Waals surface area contributed by atoms with Crippen LogP contribution in [0.1, 0.15) is 18.9 Å². The Bertz CT molecular complexity index is 325. The first-order valence-electron chi connectivity index (χ1n) is 4.66. The van der Waals surface area contributed by atoms with Crippen LogP contribution in [0.2, 0.25) is 5.02 Å². The van der Waals surface area contributed by atoms with E-state index in [2.05, 4.69) is 0 Å². The van der Waals surface area contributed by atoms with Gasteiger partial charge in [-0.15, -0.1) is 0 Å². The SMILES string of the molecule is CCC(=O)C(N)Cc1ccccc1Cl. The second kappa shape index (κ2) is 5.13. The summed E-state index contributed by atoms with van der Waals surface area (Å²) in [5.74, 6) is 0.0740. The first-order chi connectivity index (χ1) is 6.65. The highest BCUT2D eigenvalue weighted by Gasteiger charge is 2.12. The number of Topliss-reactive ketones (excluding diaryl/α,β-unsaturated/α-hetero) is 1. The summed E-state index contributed by atoms with van der Waals surface area (Å²) in [5, 5.41) is 0.673. The molecule has 1 unspecified atom stereocenters. The molecule has 1 aromatic rings. The van der Waals surface area contributed by atoms with Crippen molar-refractivity contribution < 1.29 is 4.79 Å². The van der Waals surface area contributed by atoms with Crippen LogP contribution >= 0.6 is 11.6 Å². The maximum Gasteiger partial charge on any atom is 0.149 e. The van der Waals surface area contributed by atoms with E-state index in [1.54, 1.807) is 6.07 Å². The quantitative estimate of drug-likeness (QED) is 0.830. The number of ketones is 1. The predicted molar refractivity (Wildman–Crippen MR) is 58.4 cm³/mol. The van der Waals surface area contributed by atoms with Crippen molar-refractivity contribution in [2.45, 2.75) is 25.8 Å². The van der Waals surface area contributed by atoms with Crippen molar-refractivity contribution in [1.82, 2.24) is 0 Å². The zero-order chi connectivity index (χ0) is 10.6. The smallest absolute Gasteiger partial charge is 0.149 e. The molecule has 76 valence electrons. The highest BCUT2D eigenvalue weighted by molar-refractivity contribution is 6.31. The Kier molecular flexibility index (Phi) is 4.11. The fourth-order valence-corrected chi connectivity index (χ4v) is 1.49. The highest BCUT2D eigenvalue weighted by atomic mass is 35.5. The van der Waals surface area contributed by atoms with Crippen LogP contribution in [0, 0.1) is 0 Å². The molecule has 0 saturated heterocycles. The third-order valence-corrected chi connectivity index (χ3v) is 2.53. The van der Waals surface area contributed by atoms with Crippen molar-refractivity contribution in [3.05, 3.63) is 34.9 Å². The van der Waals surface area contributed by atoms with Gasteiger partial charge in [0.15, 0.2) is 0 Å². The van der Waals surface area contributed by atoms with Crippen LogP contribution < -0.4 is 5.73 Å². The third-order valence-electron chi connectivity index (χ3n) is 2.16. The van der Waals surface area contributed by atoms with E-state index in [4.69, 9.17) is 17.3 Å². The van der Waals surface area contributed by atoms with Crippen LogP contribution in [0.5, 0.6) is 0 Å². The summed E-state index contributed by atoms with van der Waals surface area (Å²) in [6, 6.07) is 7.02. The van der Waals surface area contributed by atoms with Crippen molar-refractivity contribution in [2.75, 3.05) is 0 Å². The summed E-state index contributed by atoms with van der Waals surface area (Å²) in [4.78, 5) is 11.3. The number of carbonyl (C=O) groups excluding carboxylic acids is 1. The van der Waals surface area contributed by atoms with Crippen LogP contribution in [-0.4, -0.2) is 11.8 Å². The number of hydrogen-bond acceptors (Lipinski definition) is 2. The van der Waals surface area contributed by atoms with Crippen LogP contribution in [0.15, 0.2) is 24.3 Å². The molecular weight excluding hydrogens is 198 g/mol. The number of halogens is 1. The standard InChI is InChI=1S/C11H14ClNO/c1-2-11(14)10(13)7-8-5-3-4-6-9(8)12/h3-6,10H,2,7,13H2,1H3. The number of rotatable bonds is 4. The summed E-state index contributed by atoms with van der Waals surface area (Å²) in [7, 11) is 0. The molecule has 0 aliphatic heterocycles. The molecule has 2 nitrogen and oxygen atoms in total. The molecule has 2 N–H and O–H groups in total. The third kappa shape index (κ3) is 2.82. The van der Waals surface area contributed by atoms with E-state index >= 15 is 0 Å². The molecule has 0 heterocycles. The van der Waals surface area contributed by atoms with Gasteiger partial charge in [0.05, 0.1) is 6.04 Å². The molecule has 0 spiro atoms. The summed E-state index contributed by atoms with van der Waals surface area (Å²) in [6.07, 6.45) is 0.998. The second-order valence-corrected chi connectivity index (χ2v) is 3.63. The molecule has 3 heteroatoms. The van der Waals surface area contributed by atoms with Crippen LogP contribution in [0.25, 0.3) is 0 Å². The van der Waals surface area contributed by atoms with Gasteiger partial charge >= 0.3 is 0 Å². The Morgan fingerprint density at radius 1 is 1.50 bits per heavy atom. The van der Waals surface area contributed by atoms with Crippen molar-refractivity contribution in [2.24, 2.45) is 5.73 Å². The molecule has 14 heavy (non-hydrogen) atoms. The number of benzene rings is 1. The molecule has 0 fully saturated rings. The zero-order valence-corrected chi connectivity index (χ0v) is 8.92. The van der Waals surface area contributed by atoms with E-state index < -0.39 is 6.04 Å². The average molecular weight is 212 g/mol. The topological polar surface area (TPSA) is 43.1 Å². The molecule has 0 bridgehead atoms. The van der Waals surface area contributed by atoms with Gasteiger partial charge in [-0.3, -0.25) is 4.79 Å². The molecule has 0 aliphatic rings. The molecule has 1 rings (SSSR count). The Morgan fingerprint density at radius 2 is 2.14 bits per heavy atom. The fourth-order valence-electron chi connectivity index (χ4n) is 1.28. The summed E-state index contributed by atoms with van der Waals surface area (Å²) in [5.41, 5.74) is 6.65. The van der Waals surface area contributed by atoms with E-state index in [0.717, 1.165) is 5.56 Å². The summed E-state index contributed by atoms with van der Waals surface area (Å²) >= 11 is 5.95. The zero-order valence-electron chi connectivity index (χ0n) is 8.16. The lowest BCUT2D eigenvalue weighted by Crippen LogP contribution is -2.32. The van der Waals surface area contributed by atoms with Crippen LogP contribution in [0.4, 0.5) is 0 Å². The maximum atomic E-state index is 11.3. The maximum absolute atomic E-state index is 11.3. The van der Waals surface area contributed by atoms with Gasteiger partial charge in [0.1, 0.15) is 5.78 Å². The minimum Gasteiger partial charge on any atom is -0.321 e. The first-order valence-corrected chi connectivity index (χ1v) is 5.04. The number of nitrogens with two attached hydrogens (primary N) is 1. The monoisotopic (exact) mass is 211 g/mol. The molecule has 0 saturated carbocycles. The van der Waals surface area contributed by atoms with E-state index in [1.807, 2.05) is 25.1 Å². The van der Waals surface area contributed by atoms with Crippen molar-refractivity contribution in [3.63, 3.8) is 0 Å². The molecular formula is C11H14ClNO. The minimum atomic E-state index is -0.431. The number of hydrogen-bond donors (Lipinski definition) is 1. The van der Waals surface area contributed by atoms with Crippen molar-refractivity contribution in [3.8, 4) is 0 Å². The normalized spacial score (nSPS) is 12.5. The van der Waals surface area contributed by atoms with Gasteiger partial charge in [-0.2, -0.15) is 0 Å². The minimum absolute atomic E-state index is 0.0740. The predicted octanol–water partition coefficient (Wildman–Crippen LogP) is 2.19. The van der Waals surface area contributed by atoms with E-state index in [1.165, 1.54) is 0 Å². The van der Waals surface area contributed by atoms with E-state index in [-0.39, 0.29) is 5.78 Å². The van der Waals surface area contributed by atoms with Gasteiger partial charge in [0.2, 0.25) is 0 Å². The Balaban J connectivity index is 2.69. The lowest BCUT2D eigenvalue weighted by molar-refractivity contribution is -0.119. The average Bonchev–Trinajstić information content (AvgIpc) is 2.20. The highest BCUT2D eigenvalue weighted by Crippen LogP contribution is 2.16. The molecule has 1 aromatic carbocycles. The van der Waals surface area contributed by atoms with Gasteiger partial charge < -0.3 is 5.73 Å². The van der Waals surface area contributed by atoms with Crippen molar-refractivity contribution in [1.29, 1.82) is 0 Å². The number of carbonyl (C=O) groups is 1. The Labute approximate surface area is 89.1 Å².